The lowest BCUT2D eigenvalue weighted by Crippen LogP contribution is -2.56. The molecule has 1 N–H and O–H groups in total. The Balaban J connectivity index is 1.29. The minimum Gasteiger partial charge on any atom is -0.349 e. The zero-order valence-corrected chi connectivity index (χ0v) is 16.5. The molecule has 0 radical (unpaired) electrons. The SMILES string of the molecule is Cc1cc(CNC(=O)C2CC3(CN(Cc4ccccc4)C3)CN2C)n(C)n1. The molecule has 27 heavy (non-hydrogen) atoms. The van der Waals surface area contributed by atoms with Crippen molar-refractivity contribution in [3.63, 3.8) is 0 Å². The number of carbonyl (C=O) groups excluding carboxylic acids is 1. The van der Waals surface area contributed by atoms with E-state index in [0.29, 0.717) is 6.54 Å². The van der Waals surface area contributed by atoms with Crippen LogP contribution >= 0.6 is 0 Å². The Morgan fingerprint density at radius 3 is 2.63 bits per heavy atom. The van der Waals surface area contributed by atoms with Crippen LogP contribution in [0, 0.1) is 12.3 Å². The normalized spacial score (nSPS) is 22.1. The van der Waals surface area contributed by atoms with Crippen molar-refractivity contribution in [1.82, 2.24) is 24.9 Å². The molecule has 4 rings (SSSR count). The fraction of sp³-hybridized carbons (Fsp3) is 0.524. The van der Waals surface area contributed by atoms with Crippen LogP contribution in [-0.4, -0.2) is 58.2 Å². The number of benzene rings is 1. The molecule has 6 heteroatoms. The van der Waals surface area contributed by atoms with Crippen LogP contribution in [0.25, 0.3) is 0 Å². The number of likely N-dealkylation sites (tertiary alicyclic amines) is 2. The molecule has 1 amide bonds. The van der Waals surface area contributed by atoms with Gasteiger partial charge in [-0.05, 0) is 32.0 Å². The summed E-state index contributed by atoms with van der Waals surface area (Å²) in [7, 11) is 3.99. The number of aryl methyl sites for hydroxylation is 2. The van der Waals surface area contributed by atoms with Gasteiger partial charge in [0, 0.05) is 38.6 Å². The number of carbonyl (C=O) groups is 1. The van der Waals surface area contributed by atoms with Crippen molar-refractivity contribution < 1.29 is 4.79 Å². The van der Waals surface area contributed by atoms with Crippen LogP contribution in [0.4, 0.5) is 0 Å². The van der Waals surface area contributed by atoms with Crippen molar-refractivity contribution in [3.05, 3.63) is 53.3 Å². The second-order valence-corrected chi connectivity index (χ2v) is 8.38. The van der Waals surface area contributed by atoms with Crippen LogP contribution in [0.1, 0.15) is 23.4 Å². The van der Waals surface area contributed by atoms with E-state index in [0.717, 1.165) is 44.0 Å². The number of rotatable bonds is 5. The molecule has 3 heterocycles. The van der Waals surface area contributed by atoms with E-state index in [1.54, 1.807) is 0 Å². The van der Waals surface area contributed by atoms with Gasteiger partial charge in [-0.3, -0.25) is 19.3 Å². The van der Waals surface area contributed by atoms with Gasteiger partial charge in [-0.1, -0.05) is 30.3 Å². The first-order chi connectivity index (χ1) is 12.9. The van der Waals surface area contributed by atoms with Crippen LogP contribution in [0.15, 0.2) is 36.4 Å². The first-order valence-electron chi connectivity index (χ1n) is 9.68. The van der Waals surface area contributed by atoms with Gasteiger partial charge in [-0.25, -0.2) is 0 Å². The van der Waals surface area contributed by atoms with Crippen molar-refractivity contribution in [2.75, 3.05) is 26.7 Å². The molecule has 0 aliphatic carbocycles. The van der Waals surface area contributed by atoms with Gasteiger partial charge >= 0.3 is 0 Å². The van der Waals surface area contributed by atoms with Gasteiger partial charge in [-0.15, -0.1) is 0 Å². The summed E-state index contributed by atoms with van der Waals surface area (Å²) in [6.45, 7) is 6.67. The molecule has 6 nitrogen and oxygen atoms in total. The number of nitrogens with zero attached hydrogens (tertiary/aromatic N) is 4. The van der Waals surface area contributed by atoms with Crippen molar-refractivity contribution in [2.24, 2.45) is 12.5 Å². The summed E-state index contributed by atoms with van der Waals surface area (Å²) in [5, 5.41) is 7.45. The van der Waals surface area contributed by atoms with Crippen LogP contribution in [0.5, 0.6) is 0 Å². The lowest BCUT2D eigenvalue weighted by Gasteiger charge is -2.48. The summed E-state index contributed by atoms with van der Waals surface area (Å²) in [5.41, 5.74) is 3.65. The maximum atomic E-state index is 12.8. The maximum absolute atomic E-state index is 12.8. The number of nitrogens with one attached hydrogen (secondary N) is 1. The summed E-state index contributed by atoms with van der Waals surface area (Å²) >= 11 is 0. The smallest absolute Gasteiger partial charge is 0.237 e. The van der Waals surface area contributed by atoms with Gasteiger partial charge in [0.25, 0.3) is 0 Å². The molecule has 1 aromatic heterocycles. The fourth-order valence-corrected chi connectivity index (χ4v) is 4.77. The molecule has 2 fully saturated rings. The van der Waals surface area contributed by atoms with E-state index >= 15 is 0 Å². The van der Waals surface area contributed by atoms with E-state index in [4.69, 9.17) is 0 Å². The molecule has 0 saturated carbocycles. The number of amides is 1. The predicted octanol–water partition coefficient (Wildman–Crippen LogP) is 1.55. The Hall–Kier alpha value is -2.18. The van der Waals surface area contributed by atoms with Gasteiger partial charge in [0.1, 0.15) is 0 Å². The second kappa shape index (κ2) is 7.09. The molecule has 1 unspecified atom stereocenters. The van der Waals surface area contributed by atoms with E-state index < -0.39 is 0 Å². The van der Waals surface area contributed by atoms with Crippen molar-refractivity contribution >= 4 is 5.91 Å². The predicted molar refractivity (Wildman–Crippen MR) is 105 cm³/mol. The average molecular weight is 367 g/mol. The molecule has 2 aliphatic rings. The first-order valence-corrected chi connectivity index (χ1v) is 9.68. The van der Waals surface area contributed by atoms with Gasteiger partial charge in [0.2, 0.25) is 5.91 Å². The molecule has 2 aliphatic heterocycles. The topological polar surface area (TPSA) is 53.4 Å². The lowest BCUT2D eigenvalue weighted by molar-refractivity contribution is -0.125. The van der Waals surface area contributed by atoms with E-state index in [9.17, 15) is 4.79 Å². The van der Waals surface area contributed by atoms with E-state index in [1.165, 1.54) is 5.56 Å². The second-order valence-electron chi connectivity index (χ2n) is 8.38. The van der Waals surface area contributed by atoms with E-state index in [1.807, 2.05) is 24.7 Å². The largest absolute Gasteiger partial charge is 0.349 e. The number of likely N-dealkylation sites (N-methyl/N-ethyl adjacent to an activating group) is 1. The monoisotopic (exact) mass is 367 g/mol. The highest BCUT2D eigenvalue weighted by Crippen LogP contribution is 2.42. The summed E-state index contributed by atoms with van der Waals surface area (Å²) in [6.07, 6.45) is 0.949. The molecule has 2 aromatic rings. The lowest BCUT2D eigenvalue weighted by atomic mass is 9.77. The van der Waals surface area contributed by atoms with Gasteiger partial charge in [0.15, 0.2) is 0 Å². The number of hydrogen-bond donors (Lipinski definition) is 1. The Morgan fingerprint density at radius 2 is 1.96 bits per heavy atom. The number of hydrogen-bond acceptors (Lipinski definition) is 4. The first kappa shape index (κ1) is 18.2. The summed E-state index contributed by atoms with van der Waals surface area (Å²) < 4.78 is 1.84. The minimum absolute atomic E-state index is 0.0294. The van der Waals surface area contributed by atoms with Crippen molar-refractivity contribution in [1.29, 1.82) is 0 Å². The third-order valence-corrected chi connectivity index (χ3v) is 5.96. The quantitative estimate of drug-likeness (QED) is 0.871. The molecule has 1 spiro atoms. The van der Waals surface area contributed by atoms with Crippen LogP contribution in [0.2, 0.25) is 0 Å². The summed E-state index contributed by atoms with van der Waals surface area (Å²) in [6, 6.07) is 12.6. The number of aromatic nitrogens is 2. The summed E-state index contributed by atoms with van der Waals surface area (Å²) in [4.78, 5) is 17.5. The Bertz CT molecular complexity index is 809. The Morgan fingerprint density at radius 1 is 1.22 bits per heavy atom. The van der Waals surface area contributed by atoms with Crippen LogP contribution < -0.4 is 5.32 Å². The highest BCUT2D eigenvalue weighted by molar-refractivity contribution is 5.82. The van der Waals surface area contributed by atoms with Crippen molar-refractivity contribution in [3.8, 4) is 0 Å². The molecule has 1 atom stereocenters. The molecule has 2 saturated heterocycles. The maximum Gasteiger partial charge on any atom is 0.237 e. The van der Waals surface area contributed by atoms with Crippen molar-refractivity contribution in [2.45, 2.75) is 32.5 Å². The molecule has 0 bridgehead atoms. The fourth-order valence-electron chi connectivity index (χ4n) is 4.77. The third-order valence-electron chi connectivity index (χ3n) is 5.96. The highest BCUT2D eigenvalue weighted by Gasteiger charge is 2.51. The van der Waals surface area contributed by atoms with E-state index in [-0.39, 0.29) is 17.4 Å². The van der Waals surface area contributed by atoms with Gasteiger partial charge < -0.3 is 5.32 Å². The Kier molecular flexibility index (Phi) is 4.78. The van der Waals surface area contributed by atoms with E-state index in [2.05, 4.69) is 57.6 Å². The Labute approximate surface area is 161 Å². The van der Waals surface area contributed by atoms with Crippen LogP contribution in [-0.2, 0) is 24.9 Å². The highest BCUT2D eigenvalue weighted by atomic mass is 16.2. The minimum atomic E-state index is -0.0294. The summed E-state index contributed by atoms with van der Waals surface area (Å²) in [5.74, 6) is 0.134. The zero-order chi connectivity index (χ0) is 19.0. The molecule has 1 aromatic carbocycles. The van der Waals surface area contributed by atoms with Gasteiger partial charge in [-0.2, -0.15) is 5.10 Å². The standard InChI is InChI=1S/C21H29N5O/c1-16-9-18(25(3)23-16)11-22-20(27)19-10-21(13-24(19)2)14-26(15-21)12-17-7-5-4-6-8-17/h4-9,19H,10-15H2,1-3H3,(H,22,27). The molecular formula is C21H29N5O. The molecule has 144 valence electrons. The average Bonchev–Trinajstić information content (AvgIpc) is 3.12. The molecular weight excluding hydrogens is 338 g/mol. The third kappa shape index (κ3) is 3.77. The van der Waals surface area contributed by atoms with Crippen LogP contribution in [0.3, 0.4) is 0 Å². The van der Waals surface area contributed by atoms with Gasteiger partial charge in [0.05, 0.1) is 24.0 Å². The zero-order valence-electron chi connectivity index (χ0n) is 16.5.